The number of aliphatic hydroxyl groups is 1. The summed E-state index contributed by atoms with van der Waals surface area (Å²) in [5.74, 6) is 0.974. The molecule has 0 aliphatic carbocycles. The average Bonchev–Trinajstić information content (AvgIpc) is 2.33. The van der Waals surface area contributed by atoms with E-state index < -0.39 is 0 Å². The molecule has 0 aliphatic heterocycles. The Labute approximate surface area is 117 Å². The van der Waals surface area contributed by atoms with E-state index in [4.69, 9.17) is 4.74 Å². The highest BCUT2D eigenvalue weighted by Crippen LogP contribution is 2.25. The van der Waals surface area contributed by atoms with Crippen LogP contribution in [0.2, 0.25) is 0 Å². The molecule has 0 bridgehead atoms. The summed E-state index contributed by atoms with van der Waals surface area (Å²) in [6, 6.07) is 4.27. The number of ether oxygens (including phenoxy) is 1. The predicted octanol–water partition coefficient (Wildman–Crippen LogP) is 2.74. The van der Waals surface area contributed by atoms with E-state index in [1.165, 1.54) is 16.7 Å². The average molecular weight is 265 g/mol. The minimum absolute atomic E-state index is 0.121. The molecular weight excluding hydrogens is 238 g/mol. The lowest BCUT2D eigenvalue weighted by molar-refractivity contribution is 0.145. The number of rotatable bonds is 7. The maximum atomic E-state index is 9.44. The molecule has 0 aromatic heterocycles. The Morgan fingerprint density at radius 1 is 1.21 bits per heavy atom. The van der Waals surface area contributed by atoms with Crippen molar-refractivity contribution in [2.45, 2.75) is 46.6 Å². The summed E-state index contributed by atoms with van der Waals surface area (Å²) in [6.07, 6.45) is 0.782. The van der Waals surface area contributed by atoms with Crippen LogP contribution >= 0.6 is 0 Å². The molecule has 0 saturated carbocycles. The van der Waals surface area contributed by atoms with Crippen LogP contribution in [0.15, 0.2) is 12.1 Å². The Balaban J connectivity index is 2.63. The quantitative estimate of drug-likeness (QED) is 0.796. The van der Waals surface area contributed by atoms with Crippen molar-refractivity contribution in [2.24, 2.45) is 0 Å². The molecule has 1 atom stereocenters. The second kappa shape index (κ2) is 6.92. The van der Waals surface area contributed by atoms with Crippen molar-refractivity contribution in [3.63, 3.8) is 0 Å². The maximum absolute atomic E-state index is 9.44. The molecule has 3 heteroatoms. The minimum Gasteiger partial charge on any atom is -0.493 e. The molecule has 1 aromatic carbocycles. The summed E-state index contributed by atoms with van der Waals surface area (Å²) in [4.78, 5) is 0. The van der Waals surface area contributed by atoms with Crippen LogP contribution in [0, 0.1) is 20.8 Å². The Bertz CT molecular complexity index is 394. The Morgan fingerprint density at radius 2 is 1.79 bits per heavy atom. The molecule has 0 saturated heterocycles. The zero-order chi connectivity index (χ0) is 14.5. The molecule has 108 valence electrons. The van der Waals surface area contributed by atoms with Crippen molar-refractivity contribution >= 4 is 0 Å². The van der Waals surface area contributed by atoms with E-state index in [0.29, 0.717) is 6.61 Å². The van der Waals surface area contributed by atoms with Crippen LogP contribution in [0.4, 0.5) is 0 Å². The van der Waals surface area contributed by atoms with Gasteiger partial charge in [-0.05, 0) is 45.4 Å². The van der Waals surface area contributed by atoms with Crippen molar-refractivity contribution < 1.29 is 9.84 Å². The summed E-state index contributed by atoms with van der Waals surface area (Å²) < 4.78 is 5.92. The van der Waals surface area contributed by atoms with E-state index in [-0.39, 0.29) is 12.1 Å². The topological polar surface area (TPSA) is 41.5 Å². The highest BCUT2D eigenvalue weighted by Gasteiger charge is 2.21. The fourth-order valence-electron chi connectivity index (χ4n) is 2.42. The van der Waals surface area contributed by atoms with Gasteiger partial charge in [0.15, 0.2) is 0 Å². The minimum atomic E-state index is -0.263. The number of benzene rings is 1. The fraction of sp³-hybridized carbons (Fsp3) is 0.625. The molecule has 1 unspecified atom stereocenters. The van der Waals surface area contributed by atoms with Gasteiger partial charge in [-0.25, -0.2) is 0 Å². The molecule has 0 radical (unpaired) electrons. The van der Waals surface area contributed by atoms with Gasteiger partial charge < -0.3 is 15.2 Å². The maximum Gasteiger partial charge on any atom is 0.125 e. The Morgan fingerprint density at radius 3 is 2.26 bits per heavy atom. The van der Waals surface area contributed by atoms with E-state index in [9.17, 15) is 5.11 Å². The Kier molecular flexibility index (Phi) is 5.83. The van der Waals surface area contributed by atoms with Crippen LogP contribution < -0.4 is 10.1 Å². The number of aryl methyl sites for hydroxylation is 3. The first-order valence-corrected chi connectivity index (χ1v) is 6.98. The molecule has 1 rings (SSSR count). The molecule has 19 heavy (non-hydrogen) atoms. The van der Waals surface area contributed by atoms with Gasteiger partial charge in [-0.1, -0.05) is 24.6 Å². The lowest BCUT2D eigenvalue weighted by Crippen LogP contribution is -2.46. The number of aliphatic hydroxyl groups excluding tert-OH is 1. The number of hydrogen-bond acceptors (Lipinski definition) is 3. The number of nitrogens with one attached hydrogen (secondary N) is 1. The van der Waals surface area contributed by atoms with Crippen LogP contribution in [-0.4, -0.2) is 30.4 Å². The van der Waals surface area contributed by atoms with Crippen LogP contribution in [0.5, 0.6) is 5.75 Å². The molecule has 0 aliphatic rings. The number of hydrogen-bond donors (Lipinski definition) is 2. The predicted molar refractivity (Wildman–Crippen MR) is 79.9 cm³/mol. The molecule has 0 heterocycles. The molecule has 0 amide bonds. The molecule has 0 spiro atoms. The van der Waals surface area contributed by atoms with E-state index in [1.54, 1.807) is 0 Å². The van der Waals surface area contributed by atoms with E-state index in [0.717, 1.165) is 18.7 Å². The highest BCUT2D eigenvalue weighted by molar-refractivity contribution is 5.42. The molecular formula is C16H27NO2. The van der Waals surface area contributed by atoms with Crippen LogP contribution in [0.25, 0.3) is 0 Å². The smallest absolute Gasteiger partial charge is 0.125 e. The summed E-state index contributed by atoms with van der Waals surface area (Å²) in [7, 11) is 0. The van der Waals surface area contributed by atoms with E-state index >= 15 is 0 Å². The molecule has 3 nitrogen and oxygen atoms in total. The lowest BCUT2D eigenvalue weighted by atomic mass is 9.99. The van der Waals surface area contributed by atoms with Gasteiger partial charge in [0.25, 0.3) is 0 Å². The summed E-state index contributed by atoms with van der Waals surface area (Å²) >= 11 is 0. The van der Waals surface area contributed by atoms with Crippen molar-refractivity contribution in [3.8, 4) is 5.75 Å². The zero-order valence-corrected chi connectivity index (χ0v) is 12.8. The largest absolute Gasteiger partial charge is 0.493 e. The van der Waals surface area contributed by atoms with Crippen molar-refractivity contribution in [1.29, 1.82) is 0 Å². The van der Waals surface area contributed by atoms with Crippen molar-refractivity contribution in [3.05, 3.63) is 28.8 Å². The van der Waals surface area contributed by atoms with Gasteiger partial charge in [0.2, 0.25) is 0 Å². The van der Waals surface area contributed by atoms with Crippen molar-refractivity contribution in [2.75, 3.05) is 19.8 Å². The van der Waals surface area contributed by atoms with Gasteiger partial charge >= 0.3 is 0 Å². The normalized spacial score (nSPS) is 14.2. The van der Waals surface area contributed by atoms with Crippen LogP contribution in [0.3, 0.4) is 0 Å². The monoisotopic (exact) mass is 265 g/mol. The summed E-state index contributed by atoms with van der Waals surface area (Å²) in [5.41, 5.74) is 3.34. The summed E-state index contributed by atoms with van der Waals surface area (Å²) in [5, 5.41) is 12.7. The summed E-state index contributed by atoms with van der Waals surface area (Å²) in [6.45, 7) is 11.9. The van der Waals surface area contributed by atoms with Gasteiger partial charge in [0.05, 0.1) is 13.2 Å². The van der Waals surface area contributed by atoms with E-state index in [1.807, 2.05) is 13.8 Å². The van der Waals surface area contributed by atoms with Crippen molar-refractivity contribution in [1.82, 2.24) is 5.32 Å². The van der Waals surface area contributed by atoms with Crippen LogP contribution in [0.1, 0.15) is 37.0 Å². The molecule has 1 aromatic rings. The first-order valence-electron chi connectivity index (χ1n) is 6.98. The van der Waals surface area contributed by atoms with Gasteiger partial charge in [0, 0.05) is 12.0 Å². The second-order valence-corrected chi connectivity index (χ2v) is 5.58. The third kappa shape index (κ3) is 4.51. The second-order valence-electron chi connectivity index (χ2n) is 5.58. The van der Waals surface area contributed by atoms with E-state index in [2.05, 4.69) is 38.2 Å². The molecule has 0 fully saturated rings. The Hall–Kier alpha value is -1.06. The highest BCUT2D eigenvalue weighted by atomic mass is 16.5. The standard InChI is InChI=1S/C16H27NO2/c1-6-17-16(5,11-18)7-8-19-15-13(3)9-12(2)10-14(15)4/h9-10,17-18H,6-8,11H2,1-5H3. The van der Waals surface area contributed by atoms with Gasteiger partial charge in [-0.15, -0.1) is 0 Å². The van der Waals surface area contributed by atoms with Gasteiger partial charge in [0.1, 0.15) is 5.75 Å². The first kappa shape index (κ1) is 16.0. The molecule has 2 N–H and O–H groups in total. The third-order valence-corrected chi connectivity index (χ3v) is 3.46. The zero-order valence-electron chi connectivity index (χ0n) is 12.8. The third-order valence-electron chi connectivity index (χ3n) is 3.46. The van der Waals surface area contributed by atoms with Gasteiger partial charge in [-0.2, -0.15) is 0 Å². The fourth-order valence-corrected chi connectivity index (χ4v) is 2.42. The number of likely N-dealkylation sites (N-methyl/N-ethyl adjacent to an activating group) is 1. The first-order chi connectivity index (χ1) is 8.91. The SMILES string of the molecule is CCNC(C)(CO)CCOc1c(C)cc(C)cc1C. The van der Waals surface area contributed by atoms with Gasteiger partial charge in [-0.3, -0.25) is 0 Å². The van der Waals surface area contributed by atoms with Crippen LogP contribution in [-0.2, 0) is 0 Å². The lowest BCUT2D eigenvalue weighted by Gasteiger charge is -2.28.